The second-order valence-corrected chi connectivity index (χ2v) is 4.42. The summed E-state index contributed by atoms with van der Waals surface area (Å²) in [5.74, 6) is 0.848. The van der Waals surface area contributed by atoms with Crippen molar-refractivity contribution in [3.8, 4) is 0 Å². The fraction of sp³-hybridized carbons (Fsp3) is 0.273. The van der Waals surface area contributed by atoms with E-state index in [1.165, 1.54) is 27.5 Å². The van der Waals surface area contributed by atoms with Gasteiger partial charge in [0.05, 0.1) is 0 Å². The van der Waals surface area contributed by atoms with Crippen molar-refractivity contribution in [2.75, 3.05) is 0 Å². The summed E-state index contributed by atoms with van der Waals surface area (Å²) < 4.78 is 1.30. The second kappa shape index (κ2) is 3.21. The molecule has 0 radical (unpaired) electrons. The molecule has 0 saturated heterocycles. The van der Waals surface area contributed by atoms with Gasteiger partial charge in [-0.3, -0.25) is 0 Å². The van der Waals surface area contributed by atoms with Crippen molar-refractivity contribution in [3.05, 3.63) is 39.5 Å². The van der Waals surface area contributed by atoms with Crippen molar-refractivity contribution in [2.24, 2.45) is 0 Å². The third kappa shape index (κ3) is 1.56. The predicted octanol–water partition coefficient (Wildman–Crippen LogP) is 3.81. The topological polar surface area (TPSA) is 0 Å². The highest BCUT2D eigenvalue weighted by Gasteiger charge is 2.23. The summed E-state index contributed by atoms with van der Waals surface area (Å²) in [6.45, 7) is 3.81. The summed E-state index contributed by atoms with van der Waals surface area (Å²) in [5.41, 5.74) is 2.77. The highest BCUT2D eigenvalue weighted by Crippen LogP contribution is 2.40. The molecule has 1 fully saturated rings. The zero-order chi connectivity index (χ0) is 8.55. The molecule has 0 atom stereocenters. The molecule has 2 rings (SSSR count). The Balaban J connectivity index is 2.39. The lowest BCUT2D eigenvalue weighted by Gasteiger charge is -2.02. The zero-order valence-electron chi connectivity index (χ0n) is 6.89. The molecular formula is C11H11I. The number of hydrogen-bond acceptors (Lipinski definition) is 0. The van der Waals surface area contributed by atoms with E-state index in [0.29, 0.717) is 0 Å². The monoisotopic (exact) mass is 270 g/mol. The molecule has 12 heavy (non-hydrogen) atoms. The Kier molecular flexibility index (Phi) is 2.22. The first kappa shape index (κ1) is 8.30. The van der Waals surface area contributed by atoms with Gasteiger partial charge in [-0.1, -0.05) is 24.8 Å². The van der Waals surface area contributed by atoms with E-state index >= 15 is 0 Å². The Morgan fingerprint density at radius 3 is 2.75 bits per heavy atom. The highest BCUT2D eigenvalue weighted by molar-refractivity contribution is 14.1. The normalized spacial score (nSPS) is 16.1. The summed E-state index contributed by atoms with van der Waals surface area (Å²) in [5, 5.41) is 0. The van der Waals surface area contributed by atoms with Crippen LogP contribution in [0.2, 0.25) is 0 Å². The molecule has 0 spiro atoms. The fourth-order valence-corrected chi connectivity index (χ4v) is 1.94. The van der Waals surface area contributed by atoms with Gasteiger partial charge in [0.15, 0.2) is 0 Å². The van der Waals surface area contributed by atoms with Gasteiger partial charge in [-0.15, -0.1) is 0 Å². The lowest BCUT2D eigenvalue weighted by atomic mass is 10.1. The van der Waals surface area contributed by atoms with Crippen LogP contribution in [0.1, 0.15) is 29.9 Å². The summed E-state index contributed by atoms with van der Waals surface area (Å²) in [6, 6.07) is 6.70. The maximum absolute atomic E-state index is 3.81. The first-order chi connectivity index (χ1) is 5.81. The van der Waals surface area contributed by atoms with Gasteiger partial charge in [0.1, 0.15) is 0 Å². The van der Waals surface area contributed by atoms with Crippen LogP contribution in [0, 0.1) is 3.57 Å². The number of halogens is 1. The van der Waals surface area contributed by atoms with E-state index in [0.717, 1.165) is 5.92 Å². The average Bonchev–Trinajstić information content (AvgIpc) is 2.88. The molecule has 0 aliphatic heterocycles. The molecule has 0 heterocycles. The summed E-state index contributed by atoms with van der Waals surface area (Å²) >= 11 is 2.35. The van der Waals surface area contributed by atoms with Crippen molar-refractivity contribution in [2.45, 2.75) is 18.8 Å². The van der Waals surface area contributed by atoms with E-state index < -0.39 is 0 Å². The minimum Gasteiger partial charge on any atom is -0.0984 e. The molecule has 1 aromatic rings. The third-order valence-electron chi connectivity index (χ3n) is 2.29. The van der Waals surface area contributed by atoms with Crippen LogP contribution in [0.5, 0.6) is 0 Å². The summed E-state index contributed by atoms with van der Waals surface area (Å²) in [4.78, 5) is 0. The molecule has 1 aliphatic rings. The van der Waals surface area contributed by atoms with E-state index in [-0.39, 0.29) is 0 Å². The van der Waals surface area contributed by atoms with Gasteiger partial charge in [0.2, 0.25) is 0 Å². The minimum absolute atomic E-state index is 0.848. The molecule has 1 heteroatoms. The number of rotatable bonds is 2. The lowest BCUT2D eigenvalue weighted by Crippen LogP contribution is -1.84. The van der Waals surface area contributed by atoms with Gasteiger partial charge in [0.25, 0.3) is 0 Å². The number of hydrogen-bond donors (Lipinski definition) is 0. The molecule has 1 aromatic carbocycles. The van der Waals surface area contributed by atoms with Crippen LogP contribution in [0.15, 0.2) is 24.8 Å². The maximum atomic E-state index is 3.81. The molecule has 0 unspecified atom stereocenters. The first-order valence-electron chi connectivity index (χ1n) is 4.23. The molecule has 1 saturated carbocycles. The number of benzene rings is 1. The van der Waals surface area contributed by atoms with Gasteiger partial charge in [0, 0.05) is 3.57 Å². The molecule has 0 nitrogen and oxygen atoms in total. The van der Waals surface area contributed by atoms with E-state index in [9.17, 15) is 0 Å². The van der Waals surface area contributed by atoms with Gasteiger partial charge in [-0.25, -0.2) is 0 Å². The van der Waals surface area contributed by atoms with Gasteiger partial charge in [-0.05, 0) is 58.5 Å². The quantitative estimate of drug-likeness (QED) is 0.717. The summed E-state index contributed by atoms with van der Waals surface area (Å²) in [6.07, 6.45) is 4.68. The van der Waals surface area contributed by atoms with Crippen LogP contribution >= 0.6 is 22.6 Å². The van der Waals surface area contributed by atoms with Crippen LogP contribution in [-0.4, -0.2) is 0 Å². The van der Waals surface area contributed by atoms with Crippen molar-refractivity contribution in [1.82, 2.24) is 0 Å². The summed E-state index contributed by atoms with van der Waals surface area (Å²) in [7, 11) is 0. The van der Waals surface area contributed by atoms with Gasteiger partial charge >= 0.3 is 0 Å². The fourth-order valence-electron chi connectivity index (χ4n) is 1.39. The van der Waals surface area contributed by atoms with Gasteiger partial charge in [-0.2, -0.15) is 0 Å². The Bertz CT molecular complexity index is 311. The maximum Gasteiger partial charge on any atom is 0.0202 e. The van der Waals surface area contributed by atoms with Crippen molar-refractivity contribution >= 4 is 28.7 Å². The van der Waals surface area contributed by atoms with E-state index in [1.54, 1.807) is 0 Å². The van der Waals surface area contributed by atoms with E-state index in [2.05, 4.69) is 47.4 Å². The van der Waals surface area contributed by atoms with Crippen LogP contribution in [0.25, 0.3) is 6.08 Å². The van der Waals surface area contributed by atoms with Crippen LogP contribution < -0.4 is 0 Å². The largest absolute Gasteiger partial charge is 0.0984 e. The molecule has 0 aromatic heterocycles. The molecule has 0 N–H and O–H groups in total. The smallest absolute Gasteiger partial charge is 0.0202 e. The molecule has 1 aliphatic carbocycles. The SMILES string of the molecule is C=Cc1cc(C2CC2)ccc1I. The molecule has 0 bridgehead atoms. The molecule has 0 amide bonds. The zero-order valence-corrected chi connectivity index (χ0v) is 9.04. The lowest BCUT2D eigenvalue weighted by molar-refractivity contribution is 1.13. The highest BCUT2D eigenvalue weighted by atomic mass is 127. The van der Waals surface area contributed by atoms with Crippen molar-refractivity contribution in [1.29, 1.82) is 0 Å². The van der Waals surface area contributed by atoms with Crippen LogP contribution in [-0.2, 0) is 0 Å². The van der Waals surface area contributed by atoms with Crippen molar-refractivity contribution in [3.63, 3.8) is 0 Å². The minimum atomic E-state index is 0.848. The Hall–Kier alpha value is -0.310. The van der Waals surface area contributed by atoms with E-state index in [1.807, 2.05) is 6.08 Å². The molecule has 62 valence electrons. The van der Waals surface area contributed by atoms with E-state index in [4.69, 9.17) is 0 Å². The Morgan fingerprint density at radius 1 is 1.42 bits per heavy atom. The standard InChI is InChI=1S/C11H11I/c1-2-8-7-10(9-3-4-9)5-6-11(8)12/h2,5-7,9H,1,3-4H2. The first-order valence-corrected chi connectivity index (χ1v) is 5.31. The van der Waals surface area contributed by atoms with Crippen LogP contribution in [0.3, 0.4) is 0 Å². The second-order valence-electron chi connectivity index (χ2n) is 3.26. The van der Waals surface area contributed by atoms with Gasteiger partial charge < -0.3 is 0 Å². The third-order valence-corrected chi connectivity index (χ3v) is 3.27. The van der Waals surface area contributed by atoms with Crippen molar-refractivity contribution < 1.29 is 0 Å². The predicted molar refractivity (Wildman–Crippen MR) is 61.2 cm³/mol. The average molecular weight is 270 g/mol. The Morgan fingerprint density at radius 2 is 2.17 bits per heavy atom. The Labute approximate surface area is 86.8 Å². The molecular weight excluding hydrogens is 259 g/mol. The van der Waals surface area contributed by atoms with Crippen LogP contribution in [0.4, 0.5) is 0 Å².